The molecule has 0 amide bonds. The molecule has 0 N–H and O–H groups in total. The van der Waals surface area contributed by atoms with E-state index in [1.807, 2.05) is 0 Å². The number of hydrogen-bond donors (Lipinski definition) is 1. The normalized spacial score (nSPS) is 29.1. The van der Waals surface area contributed by atoms with Gasteiger partial charge in [0.25, 0.3) is 0 Å². The maximum Gasteiger partial charge on any atom is 0.00458 e. The van der Waals surface area contributed by atoms with Crippen LogP contribution in [0.1, 0.15) is 71.1 Å². The molecule has 1 saturated heterocycles. The summed E-state index contributed by atoms with van der Waals surface area (Å²) in [5.41, 5.74) is 0.548. The Morgan fingerprint density at radius 1 is 1.05 bits per heavy atom. The molecule has 2 rings (SSSR count). The van der Waals surface area contributed by atoms with Crippen molar-refractivity contribution in [3.8, 4) is 0 Å². The average Bonchev–Trinajstić information content (AvgIpc) is 2.66. The number of hydrogen-bond acceptors (Lipinski definition) is 2. The lowest BCUT2D eigenvalue weighted by atomic mass is 9.75. The van der Waals surface area contributed by atoms with Gasteiger partial charge in [0.1, 0.15) is 0 Å². The standard InChI is InChI=1S/C17H33NS/c1-2-7-16-8-6-12-18(13-9-16)14-17(15-19)10-4-3-5-11-17/h16,19H,2-15H2,1H3. The van der Waals surface area contributed by atoms with Crippen molar-refractivity contribution in [1.29, 1.82) is 0 Å². The van der Waals surface area contributed by atoms with E-state index in [2.05, 4.69) is 11.8 Å². The second kappa shape index (κ2) is 7.93. The maximum absolute atomic E-state index is 4.70. The van der Waals surface area contributed by atoms with Crippen LogP contribution in [0.5, 0.6) is 0 Å². The van der Waals surface area contributed by atoms with Gasteiger partial charge in [0.2, 0.25) is 0 Å². The van der Waals surface area contributed by atoms with Gasteiger partial charge >= 0.3 is 0 Å². The molecule has 2 fully saturated rings. The van der Waals surface area contributed by atoms with Gasteiger partial charge in [-0.2, -0.15) is 12.6 Å². The van der Waals surface area contributed by atoms with E-state index >= 15 is 0 Å². The Labute approximate surface area is 125 Å². The summed E-state index contributed by atoms with van der Waals surface area (Å²) >= 11 is 4.70. The molecule has 0 aromatic heterocycles. The second-order valence-electron chi connectivity index (χ2n) is 7.08. The summed E-state index contributed by atoms with van der Waals surface area (Å²) in [7, 11) is 0. The minimum absolute atomic E-state index is 0.548. The minimum atomic E-state index is 0.548. The van der Waals surface area contributed by atoms with E-state index in [1.54, 1.807) is 0 Å². The molecular weight excluding hydrogens is 250 g/mol. The highest BCUT2D eigenvalue weighted by atomic mass is 32.1. The molecule has 0 aromatic carbocycles. The molecule has 2 aliphatic rings. The lowest BCUT2D eigenvalue weighted by Crippen LogP contribution is -2.41. The first kappa shape index (κ1) is 15.7. The fourth-order valence-electron chi connectivity index (χ4n) is 4.22. The highest BCUT2D eigenvalue weighted by molar-refractivity contribution is 7.80. The lowest BCUT2D eigenvalue weighted by molar-refractivity contribution is 0.127. The Morgan fingerprint density at radius 2 is 1.84 bits per heavy atom. The lowest BCUT2D eigenvalue weighted by Gasteiger charge is -2.40. The van der Waals surface area contributed by atoms with Crippen LogP contribution in [0.4, 0.5) is 0 Å². The molecule has 2 heteroatoms. The topological polar surface area (TPSA) is 3.24 Å². The van der Waals surface area contributed by atoms with Gasteiger partial charge in [-0.1, -0.05) is 39.0 Å². The summed E-state index contributed by atoms with van der Waals surface area (Å²) in [5, 5.41) is 0. The SMILES string of the molecule is CCCC1CCCN(CC2(CS)CCCCC2)CC1. The van der Waals surface area contributed by atoms with Gasteiger partial charge in [-0.05, 0) is 62.3 Å². The van der Waals surface area contributed by atoms with Crippen molar-refractivity contribution in [2.75, 3.05) is 25.4 Å². The summed E-state index contributed by atoms with van der Waals surface area (Å²) in [4.78, 5) is 2.78. The summed E-state index contributed by atoms with van der Waals surface area (Å²) < 4.78 is 0. The first-order valence-corrected chi connectivity index (χ1v) is 9.24. The summed E-state index contributed by atoms with van der Waals surface area (Å²) in [6.45, 7) is 6.35. The van der Waals surface area contributed by atoms with Gasteiger partial charge in [-0.25, -0.2) is 0 Å². The largest absolute Gasteiger partial charge is 0.303 e. The van der Waals surface area contributed by atoms with Gasteiger partial charge in [0.05, 0.1) is 0 Å². The zero-order valence-corrected chi connectivity index (χ0v) is 13.8. The Balaban J connectivity index is 1.84. The fourth-order valence-corrected chi connectivity index (χ4v) is 4.64. The van der Waals surface area contributed by atoms with Gasteiger partial charge in [0.15, 0.2) is 0 Å². The fraction of sp³-hybridized carbons (Fsp3) is 1.00. The number of nitrogens with zero attached hydrogens (tertiary/aromatic N) is 1. The molecule has 1 nitrogen and oxygen atoms in total. The average molecular weight is 284 g/mol. The molecule has 112 valence electrons. The molecule has 0 bridgehead atoms. The van der Waals surface area contributed by atoms with Crippen LogP contribution in [0.2, 0.25) is 0 Å². The van der Waals surface area contributed by atoms with Gasteiger partial charge < -0.3 is 4.90 Å². The zero-order valence-electron chi connectivity index (χ0n) is 12.9. The Morgan fingerprint density at radius 3 is 2.53 bits per heavy atom. The van der Waals surface area contributed by atoms with Crippen molar-refractivity contribution in [1.82, 2.24) is 4.90 Å². The van der Waals surface area contributed by atoms with E-state index in [0.717, 1.165) is 11.7 Å². The molecular formula is C17H33NS. The zero-order chi connectivity index (χ0) is 13.6. The van der Waals surface area contributed by atoms with Crippen molar-refractivity contribution >= 4 is 12.6 Å². The van der Waals surface area contributed by atoms with Crippen molar-refractivity contribution < 1.29 is 0 Å². The van der Waals surface area contributed by atoms with E-state index in [1.165, 1.54) is 83.8 Å². The minimum Gasteiger partial charge on any atom is -0.303 e. The predicted octanol–water partition coefficient (Wildman–Crippen LogP) is 4.77. The maximum atomic E-state index is 4.70. The Hall–Kier alpha value is 0.310. The van der Waals surface area contributed by atoms with Crippen LogP contribution >= 0.6 is 12.6 Å². The molecule has 0 aromatic rings. The van der Waals surface area contributed by atoms with Crippen molar-refractivity contribution in [2.45, 2.75) is 71.1 Å². The van der Waals surface area contributed by atoms with E-state index in [4.69, 9.17) is 12.6 Å². The number of likely N-dealkylation sites (tertiary alicyclic amines) is 1. The Kier molecular flexibility index (Phi) is 6.55. The van der Waals surface area contributed by atoms with Gasteiger partial charge in [0, 0.05) is 6.54 Å². The van der Waals surface area contributed by atoms with Crippen LogP contribution in [-0.2, 0) is 0 Å². The van der Waals surface area contributed by atoms with Crippen LogP contribution in [0, 0.1) is 11.3 Å². The second-order valence-corrected chi connectivity index (χ2v) is 7.40. The first-order valence-electron chi connectivity index (χ1n) is 8.61. The molecule has 0 radical (unpaired) electrons. The van der Waals surface area contributed by atoms with Crippen LogP contribution < -0.4 is 0 Å². The van der Waals surface area contributed by atoms with Crippen LogP contribution in [0.25, 0.3) is 0 Å². The third kappa shape index (κ3) is 4.67. The number of thiol groups is 1. The first-order chi connectivity index (χ1) is 9.28. The van der Waals surface area contributed by atoms with Gasteiger partial charge in [-0.15, -0.1) is 0 Å². The third-order valence-corrected chi connectivity index (χ3v) is 6.12. The van der Waals surface area contributed by atoms with Crippen molar-refractivity contribution in [2.24, 2.45) is 11.3 Å². The van der Waals surface area contributed by atoms with E-state index < -0.39 is 0 Å². The monoisotopic (exact) mass is 283 g/mol. The molecule has 19 heavy (non-hydrogen) atoms. The number of rotatable bonds is 5. The van der Waals surface area contributed by atoms with Crippen molar-refractivity contribution in [3.05, 3.63) is 0 Å². The van der Waals surface area contributed by atoms with Crippen molar-refractivity contribution in [3.63, 3.8) is 0 Å². The highest BCUT2D eigenvalue weighted by Gasteiger charge is 2.33. The van der Waals surface area contributed by atoms with Crippen LogP contribution in [0.3, 0.4) is 0 Å². The molecule has 1 atom stereocenters. The molecule has 1 unspecified atom stereocenters. The summed E-state index contributed by atoms with van der Waals surface area (Å²) in [5.74, 6) is 2.11. The van der Waals surface area contributed by atoms with Gasteiger partial charge in [-0.3, -0.25) is 0 Å². The molecule has 1 aliphatic carbocycles. The predicted molar refractivity (Wildman–Crippen MR) is 88.1 cm³/mol. The van der Waals surface area contributed by atoms with Crippen LogP contribution in [-0.4, -0.2) is 30.3 Å². The highest BCUT2D eigenvalue weighted by Crippen LogP contribution is 2.38. The summed E-state index contributed by atoms with van der Waals surface area (Å²) in [6.07, 6.45) is 14.3. The van der Waals surface area contributed by atoms with Crippen LogP contribution in [0.15, 0.2) is 0 Å². The molecule has 1 heterocycles. The molecule has 1 aliphatic heterocycles. The molecule has 1 saturated carbocycles. The Bertz CT molecular complexity index is 248. The molecule has 0 spiro atoms. The van der Waals surface area contributed by atoms with E-state index in [9.17, 15) is 0 Å². The quantitative estimate of drug-likeness (QED) is 0.711. The third-order valence-electron chi connectivity index (χ3n) is 5.45. The van der Waals surface area contributed by atoms with E-state index in [0.29, 0.717) is 5.41 Å². The summed E-state index contributed by atoms with van der Waals surface area (Å²) in [6, 6.07) is 0. The van der Waals surface area contributed by atoms with E-state index in [-0.39, 0.29) is 0 Å². The smallest absolute Gasteiger partial charge is 0.00458 e.